The van der Waals surface area contributed by atoms with Gasteiger partial charge < -0.3 is 5.32 Å². The van der Waals surface area contributed by atoms with Crippen molar-refractivity contribution in [3.8, 4) is 0 Å². The lowest BCUT2D eigenvalue weighted by molar-refractivity contribution is 0.408. The first-order chi connectivity index (χ1) is 7.68. The van der Waals surface area contributed by atoms with Gasteiger partial charge >= 0.3 is 0 Å². The standard InChI is InChI=1S/C10H21NO4S2/c1-3-6-16(12,13)8-5-11-10(2)4-7-17(14,15)9-10/h11H,3-9H2,1-2H3. The van der Waals surface area contributed by atoms with Crippen molar-refractivity contribution in [1.82, 2.24) is 5.32 Å². The van der Waals surface area contributed by atoms with E-state index in [9.17, 15) is 16.8 Å². The second-order valence-corrected chi connectivity index (χ2v) is 9.47. The first kappa shape index (κ1) is 14.9. The van der Waals surface area contributed by atoms with Crippen molar-refractivity contribution in [2.45, 2.75) is 32.2 Å². The molecule has 1 aliphatic heterocycles. The molecule has 0 aliphatic carbocycles. The van der Waals surface area contributed by atoms with E-state index < -0.39 is 25.2 Å². The molecule has 1 atom stereocenters. The smallest absolute Gasteiger partial charge is 0.152 e. The number of rotatable bonds is 6. The summed E-state index contributed by atoms with van der Waals surface area (Å²) >= 11 is 0. The maximum atomic E-state index is 11.5. The van der Waals surface area contributed by atoms with E-state index >= 15 is 0 Å². The van der Waals surface area contributed by atoms with Gasteiger partial charge in [0.1, 0.15) is 0 Å². The summed E-state index contributed by atoms with van der Waals surface area (Å²) in [6.07, 6.45) is 1.18. The quantitative estimate of drug-likeness (QED) is 0.741. The zero-order chi connectivity index (χ0) is 13.2. The fourth-order valence-electron chi connectivity index (χ4n) is 2.07. The van der Waals surface area contributed by atoms with E-state index in [-0.39, 0.29) is 23.0 Å². The molecule has 1 rings (SSSR count). The van der Waals surface area contributed by atoms with Crippen molar-refractivity contribution in [2.24, 2.45) is 0 Å². The zero-order valence-corrected chi connectivity index (χ0v) is 12.0. The van der Waals surface area contributed by atoms with Crippen molar-refractivity contribution in [1.29, 1.82) is 0 Å². The van der Waals surface area contributed by atoms with E-state index in [0.717, 1.165) is 0 Å². The van der Waals surface area contributed by atoms with Gasteiger partial charge in [-0.05, 0) is 19.8 Å². The SMILES string of the molecule is CCCS(=O)(=O)CCNC1(C)CCS(=O)(=O)C1. The Morgan fingerprint density at radius 2 is 1.94 bits per heavy atom. The average Bonchev–Trinajstić information content (AvgIpc) is 2.40. The summed E-state index contributed by atoms with van der Waals surface area (Å²) in [5.41, 5.74) is -0.458. The second kappa shape index (κ2) is 5.24. The molecule has 1 heterocycles. The Bertz CT molecular complexity index is 455. The van der Waals surface area contributed by atoms with Crippen molar-refractivity contribution in [3.05, 3.63) is 0 Å². The van der Waals surface area contributed by atoms with Gasteiger partial charge in [0.25, 0.3) is 0 Å². The molecule has 5 nitrogen and oxygen atoms in total. The van der Waals surface area contributed by atoms with Crippen LogP contribution in [0.25, 0.3) is 0 Å². The predicted molar refractivity (Wildman–Crippen MR) is 68.6 cm³/mol. The third-order valence-corrected chi connectivity index (χ3v) is 6.74. The van der Waals surface area contributed by atoms with Crippen molar-refractivity contribution < 1.29 is 16.8 Å². The fraction of sp³-hybridized carbons (Fsp3) is 1.00. The molecular formula is C10H21NO4S2. The molecule has 0 aromatic rings. The summed E-state index contributed by atoms with van der Waals surface area (Å²) in [6.45, 7) is 3.99. The van der Waals surface area contributed by atoms with Crippen LogP contribution in [0.2, 0.25) is 0 Å². The molecule has 1 aliphatic rings. The Morgan fingerprint density at radius 1 is 1.29 bits per heavy atom. The predicted octanol–water partition coefficient (Wildman–Crippen LogP) is -0.0220. The first-order valence-electron chi connectivity index (χ1n) is 5.84. The van der Waals surface area contributed by atoms with E-state index in [4.69, 9.17) is 0 Å². The van der Waals surface area contributed by atoms with Gasteiger partial charge in [0.15, 0.2) is 19.7 Å². The molecule has 0 aromatic carbocycles. The van der Waals surface area contributed by atoms with Crippen LogP contribution < -0.4 is 5.32 Å². The van der Waals surface area contributed by atoms with E-state index in [1.54, 1.807) is 0 Å². The third kappa shape index (κ3) is 4.93. The van der Waals surface area contributed by atoms with Gasteiger partial charge in [-0.3, -0.25) is 0 Å². The summed E-state index contributed by atoms with van der Waals surface area (Å²) in [5.74, 6) is 0.576. The van der Waals surface area contributed by atoms with Crippen molar-refractivity contribution in [2.75, 3.05) is 29.6 Å². The van der Waals surface area contributed by atoms with Gasteiger partial charge in [0, 0.05) is 17.8 Å². The highest BCUT2D eigenvalue weighted by Crippen LogP contribution is 2.22. The van der Waals surface area contributed by atoms with Gasteiger partial charge in [-0.25, -0.2) is 16.8 Å². The van der Waals surface area contributed by atoms with Crippen LogP contribution in [-0.2, 0) is 19.7 Å². The number of hydrogen-bond donors (Lipinski definition) is 1. The number of nitrogens with one attached hydrogen (secondary N) is 1. The molecule has 0 saturated carbocycles. The van der Waals surface area contributed by atoms with E-state index in [1.807, 2.05) is 13.8 Å². The van der Waals surface area contributed by atoms with Crippen molar-refractivity contribution >= 4 is 19.7 Å². The van der Waals surface area contributed by atoms with Gasteiger partial charge in [0.2, 0.25) is 0 Å². The van der Waals surface area contributed by atoms with Gasteiger partial charge in [-0.1, -0.05) is 6.92 Å². The van der Waals surface area contributed by atoms with Gasteiger partial charge in [-0.2, -0.15) is 0 Å². The van der Waals surface area contributed by atoms with E-state index in [2.05, 4.69) is 5.32 Å². The van der Waals surface area contributed by atoms with Crippen LogP contribution in [0.1, 0.15) is 26.7 Å². The van der Waals surface area contributed by atoms with Crippen LogP contribution in [0.5, 0.6) is 0 Å². The minimum atomic E-state index is -2.99. The highest BCUT2D eigenvalue weighted by molar-refractivity contribution is 7.91. The van der Waals surface area contributed by atoms with E-state index in [0.29, 0.717) is 19.4 Å². The minimum Gasteiger partial charge on any atom is -0.309 e. The molecular weight excluding hydrogens is 262 g/mol. The van der Waals surface area contributed by atoms with Gasteiger partial charge in [0.05, 0.1) is 17.3 Å². The summed E-state index contributed by atoms with van der Waals surface area (Å²) in [6, 6.07) is 0. The molecule has 1 unspecified atom stereocenters. The average molecular weight is 283 g/mol. The molecule has 1 saturated heterocycles. The Kier molecular flexibility index (Phi) is 4.60. The Balaban J connectivity index is 2.42. The molecule has 7 heteroatoms. The van der Waals surface area contributed by atoms with Crippen LogP contribution in [0.15, 0.2) is 0 Å². The molecule has 0 bridgehead atoms. The first-order valence-corrected chi connectivity index (χ1v) is 9.48. The van der Waals surface area contributed by atoms with Crippen molar-refractivity contribution in [3.63, 3.8) is 0 Å². The normalized spacial score (nSPS) is 28.4. The zero-order valence-electron chi connectivity index (χ0n) is 10.4. The Morgan fingerprint density at radius 3 is 2.41 bits per heavy atom. The molecule has 0 spiro atoms. The lowest BCUT2D eigenvalue weighted by atomic mass is 10.0. The largest absolute Gasteiger partial charge is 0.309 e. The lowest BCUT2D eigenvalue weighted by Gasteiger charge is -2.23. The van der Waals surface area contributed by atoms with Crippen LogP contribution in [0.3, 0.4) is 0 Å². The maximum Gasteiger partial charge on any atom is 0.152 e. The third-order valence-electron chi connectivity index (χ3n) is 2.98. The topological polar surface area (TPSA) is 80.3 Å². The molecule has 0 radical (unpaired) electrons. The Hall–Kier alpha value is -0.140. The van der Waals surface area contributed by atoms with Crippen LogP contribution in [-0.4, -0.2) is 51.9 Å². The Labute approximate surface area is 104 Å². The van der Waals surface area contributed by atoms with E-state index in [1.165, 1.54) is 0 Å². The molecule has 1 fully saturated rings. The summed E-state index contributed by atoms with van der Waals surface area (Å²) in [5, 5.41) is 3.07. The minimum absolute atomic E-state index is 0.0798. The highest BCUT2D eigenvalue weighted by Gasteiger charge is 2.37. The van der Waals surface area contributed by atoms with Crippen LogP contribution in [0.4, 0.5) is 0 Å². The molecule has 0 aromatic heterocycles. The summed E-state index contributed by atoms with van der Waals surface area (Å²) < 4.78 is 45.7. The summed E-state index contributed by atoms with van der Waals surface area (Å²) in [4.78, 5) is 0. The summed E-state index contributed by atoms with van der Waals surface area (Å²) in [7, 11) is -5.93. The lowest BCUT2D eigenvalue weighted by Crippen LogP contribution is -2.45. The molecule has 1 N–H and O–H groups in total. The fourth-order valence-corrected chi connectivity index (χ4v) is 5.43. The van der Waals surface area contributed by atoms with Crippen LogP contribution >= 0.6 is 0 Å². The highest BCUT2D eigenvalue weighted by atomic mass is 32.2. The number of sulfone groups is 2. The maximum absolute atomic E-state index is 11.5. The second-order valence-electron chi connectivity index (χ2n) is 4.98. The molecule has 102 valence electrons. The number of hydrogen-bond acceptors (Lipinski definition) is 5. The van der Waals surface area contributed by atoms with Gasteiger partial charge in [-0.15, -0.1) is 0 Å². The monoisotopic (exact) mass is 283 g/mol. The molecule has 0 amide bonds. The van der Waals surface area contributed by atoms with Crippen LogP contribution in [0, 0.1) is 0 Å². The molecule has 17 heavy (non-hydrogen) atoms.